The lowest BCUT2D eigenvalue weighted by Crippen LogP contribution is -2.21. The summed E-state index contributed by atoms with van der Waals surface area (Å²) in [4.78, 5) is 26.6. The van der Waals surface area contributed by atoms with Crippen LogP contribution in [-0.4, -0.2) is 44.0 Å². The van der Waals surface area contributed by atoms with Gasteiger partial charge in [-0.05, 0) is 55.1 Å². The minimum Gasteiger partial charge on any atom is -0.478 e. The molecule has 2 aromatic heterocycles. The SMILES string of the molecule is O=C(O)c1ccc(CC2CCN(Cc3cnc(-c4ccccn4)nc3)C2)cc1. The maximum atomic E-state index is 11.0. The molecule has 142 valence electrons. The van der Waals surface area contributed by atoms with Crippen molar-refractivity contribution in [1.82, 2.24) is 19.9 Å². The van der Waals surface area contributed by atoms with E-state index in [1.807, 2.05) is 42.7 Å². The molecular weight excluding hydrogens is 352 g/mol. The molecule has 1 saturated heterocycles. The van der Waals surface area contributed by atoms with Gasteiger partial charge >= 0.3 is 5.97 Å². The molecule has 28 heavy (non-hydrogen) atoms. The van der Waals surface area contributed by atoms with Gasteiger partial charge in [0.15, 0.2) is 5.82 Å². The second kappa shape index (κ2) is 8.27. The Hall–Kier alpha value is -3.12. The Morgan fingerprint density at radius 3 is 2.50 bits per heavy atom. The summed E-state index contributed by atoms with van der Waals surface area (Å²) in [7, 11) is 0. The van der Waals surface area contributed by atoms with Crippen LogP contribution in [0, 0.1) is 5.92 Å². The summed E-state index contributed by atoms with van der Waals surface area (Å²) in [6, 6.07) is 12.9. The molecule has 1 N–H and O–H groups in total. The van der Waals surface area contributed by atoms with Crippen LogP contribution in [-0.2, 0) is 13.0 Å². The highest BCUT2D eigenvalue weighted by Gasteiger charge is 2.23. The highest BCUT2D eigenvalue weighted by atomic mass is 16.4. The van der Waals surface area contributed by atoms with Gasteiger partial charge in [0.1, 0.15) is 5.69 Å². The second-order valence-corrected chi connectivity index (χ2v) is 7.23. The van der Waals surface area contributed by atoms with E-state index in [4.69, 9.17) is 5.11 Å². The van der Waals surface area contributed by atoms with Gasteiger partial charge in [0, 0.05) is 37.2 Å². The number of pyridine rings is 1. The number of carbonyl (C=O) groups is 1. The molecule has 0 saturated carbocycles. The molecule has 1 fully saturated rings. The van der Waals surface area contributed by atoms with Crippen molar-refractivity contribution in [2.24, 2.45) is 5.92 Å². The average molecular weight is 374 g/mol. The number of carboxylic acid groups (broad SMARTS) is 1. The van der Waals surface area contributed by atoms with E-state index in [2.05, 4.69) is 19.9 Å². The quantitative estimate of drug-likeness (QED) is 0.713. The zero-order valence-electron chi connectivity index (χ0n) is 15.5. The number of hydrogen-bond acceptors (Lipinski definition) is 5. The molecule has 1 atom stereocenters. The fraction of sp³-hybridized carbons (Fsp3) is 0.273. The lowest BCUT2D eigenvalue weighted by Gasteiger charge is -2.16. The van der Waals surface area contributed by atoms with Gasteiger partial charge in [-0.2, -0.15) is 0 Å². The zero-order chi connectivity index (χ0) is 19.3. The fourth-order valence-corrected chi connectivity index (χ4v) is 3.66. The van der Waals surface area contributed by atoms with E-state index in [0.29, 0.717) is 17.3 Å². The van der Waals surface area contributed by atoms with Gasteiger partial charge in [0.25, 0.3) is 0 Å². The van der Waals surface area contributed by atoms with Crippen molar-refractivity contribution in [1.29, 1.82) is 0 Å². The standard InChI is InChI=1S/C22H22N4O2/c27-22(28)19-6-4-16(5-7-19)11-17-8-10-26(14-17)15-18-12-24-21(25-13-18)20-3-1-2-9-23-20/h1-7,9,12-13,17H,8,10-11,14-15H2,(H,27,28). The molecule has 3 heterocycles. The van der Waals surface area contributed by atoms with Crippen LogP contribution < -0.4 is 0 Å². The minimum absolute atomic E-state index is 0.339. The van der Waals surface area contributed by atoms with E-state index < -0.39 is 5.97 Å². The van der Waals surface area contributed by atoms with Crippen LogP contribution in [0.5, 0.6) is 0 Å². The molecule has 3 aromatic rings. The van der Waals surface area contributed by atoms with Crippen LogP contribution in [0.2, 0.25) is 0 Å². The van der Waals surface area contributed by atoms with Crippen LogP contribution in [0.4, 0.5) is 0 Å². The van der Waals surface area contributed by atoms with Gasteiger partial charge in [-0.3, -0.25) is 9.88 Å². The first-order valence-electron chi connectivity index (χ1n) is 9.44. The van der Waals surface area contributed by atoms with Crippen molar-refractivity contribution in [3.8, 4) is 11.5 Å². The summed E-state index contributed by atoms with van der Waals surface area (Å²) in [5.74, 6) is 0.354. The van der Waals surface area contributed by atoms with E-state index in [9.17, 15) is 4.79 Å². The molecule has 0 amide bonds. The van der Waals surface area contributed by atoms with E-state index in [1.54, 1.807) is 18.3 Å². The van der Waals surface area contributed by atoms with E-state index in [1.165, 1.54) is 5.56 Å². The first kappa shape index (κ1) is 18.3. The summed E-state index contributed by atoms with van der Waals surface area (Å²) in [6.45, 7) is 2.93. The lowest BCUT2D eigenvalue weighted by molar-refractivity contribution is 0.0697. The van der Waals surface area contributed by atoms with Crippen molar-refractivity contribution < 1.29 is 9.90 Å². The largest absolute Gasteiger partial charge is 0.478 e. The average Bonchev–Trinajstić information content (AvgIpc) is 3.16. The molecule has 1 aliphatic rings. The number of aromatic carboxylic acids is 1. The summed E-state index contributed by atoms with van der Waals surface area (Å²) in [5.41, 5.74) is 3.42. The van der Waals surface area contributed by atoms with Crippen molar-refractivity contribution in [2.75, 3.05) is 13.1 Å². The number of hydrogen-bond donors (Lipinski definition) is 1. The first-order valence-corrected chi connectivity index (χ1v) is 9.44. The number of nitrogens with zero attached hydrogens (tertiary/aromatic N) is 4. The molecule has 1 aliphatic heterocycles. The third-order valence-electron chi connectivity index (χ3n) is 5.10. The number of aromatic nitrogens is 3. The monoisotopic (exact) mass is 374 g/mol. The van der Waals surface area contributed by atoms with Gasteiger partial charge < -0.3 is 5.11 Å². The Bertz CT molecular complexity index is 927. The van der Waals surface area contributed by atoms with Gasteiger partial charge in [0.2, 0.25) is 0 Å². The lowest BCUT2D eigenvalue weighted by atomic mass is 9.98. The molecule has 0 spiro atoms. The van der Waals surface area contributed by atoms with Crippen LogP contribution in [0.25, 0.3) is 11.5 Å². The predicted molar refractivity (Wildman–Crippen MR) is 106 cm³/mol. The van der Waals surface area contributed by atoms with Crippen molar-refractivity contribution in [3.05, 3.63) is 77.7 Å². The number of rotatable bonds is 6. The van der Waals surface area contributed by atoms with Crippen molar-refractivity contribution >= 4 is 5.97 Å². The van der Waals surface area contributed by atoms with Gasteiger partial charge in [-0.1, -0.05) is 18.2 Å². The molecule has 0 aliphatic carbocycles. The Morgan fingerprint density at radius 2 is 1.82 bits per heavy atom. The van der Waals surface area contributed by atoms with E-state index >= 15 is 0 Å². The molecule has 4 rings (SSSR count). The van der Waals surface area contributed by atoms with Gasteiger partial charge in [-0.25, -0.2) is 14.8 Å². The smallest absolute Gasteiger partial charge is 0.335 e. The summed E-state index contributed by atoms with van der Waals surface area (Å²) in [6.07, 6.45) is 7.63. The summed E-state index contributed by atoms with van der Waals surface area (Å²) < 4.78 is 0. The topological polar surface area (TPSA) is 79.2 Å². The molecule has 1 unspecified atom stereocenters. The van der Waals surface area contributed by atoms with Crippen LogP contribution in [0.15, 0.2) is 61.1 Å². The molecule has 0 bridgehead atoms. The third-order valence-corrected chi connectivity index (χ3v) is 5.10. The number of benzene rings is 1. The molecule has 6 nitrogen and oxygen atoms in total. The second-order valence-electron chi connectivity index (χ2n) is 7.23. The summed E-state index contributed by atoms with van der Waals surface area (Å²) >= 11 is 0. The van der Waals surface area contributed by atoms with Crippen molar-refractivity contribution in [2.45, 2.75) is 19.4 Å². The van der Waals surface area contributed by atoms with Gasteiger partial charge in [-0.15, -0.1) is 0 Å². The van der Waals surface area contributed by atoms with E-state index in [0.717, 1.165) is 43.7 Å². The Kier molecular flexibility index (Phi) is 5.39. The highest BCUT2D eigenvalue weighted by Crippen LogP contribution is 2.23. The van der Waals surface area contributed by atoms with Crippen LogP contribution in [0.1, 0.15) is 27.9 Å². The Balaban J connectivity index is 1.31. The normalized spacial score (nSPS) is 16.9. The van der Waals surface area contributed by atoms with E-state index in [-0.39, 0.29) is 0 Å². The number of carboxylic acids is 1. The predicted octanol–water partition coefficient (Wildman–Crippen LogP) is 3.30. The third kappa shape index (κ3) is 4.40. The van der Waals surface area contributed by atoms with Crippen LogP contribution >= 0.6 is 0 Å². The Morgan fingerprint density at radius 1 is 1.04 bits per heavy atom. The molecule has 1 aromatic carbocycles. The highest BCUT2D eigenvalue weighted by molar-refractivity contribution is 5.87. The van der Waals surface area contributed by atoms with Gasteiger partial charge in [0.05, 0.1) is 5.56 Å². The molecule has 0 radical (unpaired) electrons. The minimum atomic E-state index is -0.880. The molecular formula is C22H22N4O2. The molecule has 6 heteroatoms. The summed E-state index contributed by atoms with van der Waals surface area (Å²) in [5, 5.41) is 9.00. The maximum Gasteiger partial charge on any atom is 0.335 e. The number of likely N-dealkylation sites (tertiary alicyclic amines) is 1. The van der Waals surface area contributed by atoms with Crippen molar-refractivity contribution in [3.63, 3.8) is 0 Å². The Labute approximate surface area is 163 Å². The fourth-order valence-electron chi connectivity index (χ4n) is 3.66. The first-order chi connectivity index (χ1) is 13.7. The maximum absolute atomic E-state index is 11.0. The zero-order valence-corrected chi connectivity index (χ0v) is 15.5. The van der Waals surface area contributed by atoms with Crippen LogP contribution in [0.3, 0.4) is 0 Å².